The van der Waals surface area contributed by atoms with Gasteiger partial charge < -0.3 is 20.1 Å². The molecular weight excluding hydrogens is 304 g/mol. The van der Waals surface area contributed by atoms with Crippen LogP contribution in [0.2, 0.25) is 0 Å². The number of aryl methyl sites for hydroxylation is 2. The van der Waals surface area contributed by atoms with Crippen LogP contribution in [0.4, 0.5) is 0 Å². The van der Waals surface area contributed by atoms with E-state index in [-0.39, 0.29) is 11.9 Å². The molecule has 24 heavy (non-hydrogen) atoms. The Morgan fingerprint density at radius 2 is 1.92 bits per heavy atom. The fourth-order valence-electron chi connectivity index (χ4n) is 3.27. The van der Waals surface area contributed by atoms with Gasteiger partial charge in [0.25, 0.3) is 0 Å². The van der Waals surface area contributed by atoms with Crippen molar-refractivity contribution in [1.82, 2.24) is 10.6 Å². The van der Waals surface area contributed by atoms with Crippen LogP contribution < -0.4 is 15.4 Å². The number of piperidine rings is 1. The van der Waals surface area contributed by atoms with Gasteiger partial charge in [0.15, 0.2) is 0 Å². The molecule has 0 aromatic heterocycles. The van der Waals surface area contributed by atoms with Gasteiger partial charge in [-0.1, -0.05) is 18.2 Å². The van der Waals surface area contributed by atoms with Crippen LogP contribution in [0, 0.1) is 19.3 Å². The second-order valence-corrected chi connectivity index (χ2v) is 6.87. The van der Waals surface area contributed by atoms with Gasteiger partial charge in [-0.25, -0.2) is 0 Å². The molecule has 1 amide bonds. The molecule has 1 heterocycles. The van der Waals surface area contributed by atoms with Gasteiger partial charge in [-0.2, -0.15) is 0 Å². The van der Waals surface area contributed by atoms with E-state index in [1.807, 2.05) is 39.0 Å². The predicted octanol–water partition coefficient (Wildman–Crippen LogP) is 2.20. The Balaban J connectivity index is 1.93. The van der Waals surface area contributed by atoms with E-state index in [9.17, 15) is 4.79 Å². The van der Waals surface area contributed by atoms with Crippen molar-refractivity contribution in [2.75, 3.05) is 33.4 Å². The molecular formula is C19H30N2O3. The Morgan fingerprint density at radius 3 is 2.50 bits per heavy atom. The highest BCUT2D eigenvalue weighted by molar-refractivity contribution is 5.83. The Bertz CT molecular complexity index is 528. The first kappa shape index (κ1) is 18.7. The molecule has 0 aliphatic carbocycles. The average Bonchev–Trinajstić information content (AvgIpc) is 2.55. The maximum Gasteiger partial charge on any atom is 0.228 e. The number of rotatable bonds is 7. The lowest BCUT2D eigenvalue weighted by Crippen LogP contribution is -2.52. The third-order valence-electron chi connectivity index (χ3n) is 4.73. The molecule has 1 aromatic rings. The van der Waals surface area contributed by atoms with Gasteiger partial charge in [0.05, 0.1) is 18.1 Å². The van der Waals surface area contributed by atoms with E-state index < -0.39 is 5.41 Å². The molecule has 2 rings (SSSR count). The molecule has 1 fully saturated rings. The van der Waals surface area contributed by atoms with Gasteiger partial charge in [0, 0.05) is 7.11 Å². The molecule has 134 valence electrons. The number of hydrogen-bond donors (Lipinski definition) is 2. The molecule has 1 aliphatic rings. The summed E-state index contributed by atoms with van der Waals surface area (Å²) in [4.78, 5) is 12.8. The summed E-state index contributed by atoms with van der Waals surface area (Å²) in [6.07, 6.45) is 1.61. The zero-order chi connectivity index (χ0) is 17.6. The van der Waals surface area contributed by atoms with Gasteiger partial charge in [-0.15, -0.1) is 0 Å². The highest BCUT2D eigenvalue weighted by Gasteiger charge is 2.40. The average molecular weight is 334 g/mol. The number of ether oxygens (including phenoxy) is 2. The number of hydrogen-bond acceptors (Lipinski definition) is 4. The SMILES string of the molecule is COCC1(C(=O)NC(C)COc2c(C)cccc2C)CCNCC1. The standard InChI is InChI=1S/C19H30N2O3/c1-14-6-5-7-15(2)17(14)24-12-16(3)21-18(22)19(13-23-4)8-10-20-11-9-19/h5-7,16,20H,8-13H2,1-4H3,(H,21,22). The van der Waals surface area contributed by atoms with Crippen molar-refractivity contribution in [2.45, 2.75) is 39.7 Å². The minimum absolute atomic E-state index is 0.0554. The van der Waals surface area contributed by atoms with Crippen molar-refractivity contribution in [3.05, 3.63) is 29.3 Å². The summed E-state index contributed by atoms with van der Waals surface area (Å²) in [6, 6.07) is 6.04. The fraction of sp³-hybridized carbons (Fsp3) is 0.632. The first-order chi connectivity index (χ1) is 11.5. The molecule has 5 heteroatoms. The number of methoxy groups -OCH3 is 1. The molecule has 0 saturated carbocycles. The van der Waals surface area contributed by atoms with Gasteiger partial charge in [-0.3, -0.25) is 4.79 Å². The monoisotopic (exact) mass is 334 g/mol. The molecule has 2 N–H and O–H groups in total. The van der Waals surface area contributed by atoms with Crippen molar-refractivity contribution < 1.29 is 14.3 Å². The lowest BCUT2D eigenvalue weighted by molar-refractivity contribution is -0.137. The highest BCUT2D eigenvalue weighted by atomic mass is 16.5. The first-order valence-electron chi connectivity index (χ1n) is 8.68. The molecule has 1 saturated heterocycles. The number of amides is 1. The van der Waals surface area contributed by atoms with E-state index in [1.165, 1.54) is 0 Å². The summed E-state index contributed by atoms with van der Waals surface area (Å²) in [7, 11) is 1.66. The number of para-hydroxylation sites is 1. The van der Waals surface area contributed by atoms with Crippen molar-refractivity contribution in [2.24, 2.45) is 5.41 Å². The van der Waals surface area contributed by atoms with Crippen molar-refractivity contribution >= 4 is 5.91 Å². The maximum atomic E-state index is 12.8. The first-order valence-corrected chi connectivity index (χ1v) is 8.68. The van der Waals surface area contributed by atoms with E-state index in [2.05, 4.69) is 10.6 Å². The lowest BCUT2D eigenvalue weighted by Gasteiger charge is -2.36. The molecule has 0 radical (unpaired) electrons. The van der Waals surface area contributed by atoms with Crippen LogP contribution in [0.15, 0.2) is 18.2 Å². The Morgan fingerprint density at radius 1 is 1.29 bits per heavy atom. The Labute approximate surface area is 145 Å². The smallest absolute Gasteiger partial charge is 0.228 e. The van der Waals surface area contributed by atoms with Crippen LogP contribution in [0.1, 0.15) is 30.9 Å². The second kappa shape index (κ2) is 8.49. The Kier molecular flexibility index (Phi) is 6.63. The van der Waals surface area contributed by atoms with Crippen LogP contribution >= 0.6 is 0 Å². The van der Waals surface area contributed by atoms with Gasteiger partial charge in [0.2, 0.25) is 5.91 Å². The predicted molar refractivity (Wildman–Crippen MR) is 95.4 cm³/mol. The summed E-state index contributed by atoms with van der Waals surface area (Å²) < 4.78 is 11.3. The molecule has 1 unspecified atom stereocenters. The van der Waals surface area contributed by atoms with Crippen molar-refractivity contribution in [3.8, 4) is 5.75 Å². The quantitative estimate of drug-likeness (QED) is 0.803. The van der Waals surface area contributed by atoms with E-state index in [0.29, 0.717) is 13.2 Å². The summed E-state index contributed by atoms with van der Waals surface area (Å²) in [5.41, 5.74) is 1.80. The normalized spacial score (nSPS) is 18.0. The van der Waals surface area contributed by atoms with Crippen LogP contribution in [-0.2, 0) is 9.53 Å². The Hall–Kier alpha value is -1.59. The summed E-state index contributed by atoms with van der Waals surface area (Å²) in [5, 5.41) is 6.42. The van der Waals surface area contributed by atoms with E-state index >= 15 is 0 Å². The highest BCUT2D eigenvalue weighted by Crippen LogP contribution is 2.29. The molecule has 1 aliphatic heterocycles. The lowest BCUT2D eigenvalue weighted by atomic mass is 9.78. The van der Waals surface area contributed by atoms with Gasteiger partial charge >= 0.3 is 0 Å². The second-order valence-electron chi connectivity index (χ2n) is 6.87. The fourth-order valence-corrected chi connectivity index (χ4v) is 3.27. The molecule has 0 spiro atoms. The van der Waals surface area contributed by atoms with Crippen LogP contribution in [0.3, 0.4) is 0 Å². The summed E-state index contributed by atoms with van der Waals surface area (Å²) in [5.74, 6) is 0.982. The number of carbonyl (C=O) groups excluding carboxylic acids is 1. The van der Waals surface area contributed by atoms with Crippen molar-refractivity contribution in [3.63, 3.8) is 0 Å². The van der Waals surface area contributed by atoms with Gasteiger partial charge in [-0.05, 0) is 57.8 Å². The molecule has 5 nitrogen and oxygen atoms in total. The van der Waals surface area contributed by atoms with Gasteiger partial charge in [0.1, 0.15) is 12.4 Å². The molecule has 1 aromatic carbocycles. The topological polar surface area (TPSA) is 59.6 Å². The third-order valence-corrected chi connectivity index (χ3v) is 4.73. The summed E-state index contributed by atoms with van der Waals surface area (Å²) >= 11 is 0. The van der Waals surface area contributed by atoms with Crippen LogP contribution in [0.25, 0.3) is 0 Å². The van der Waals surface area contributed by atoms with E-state index in [1.54, 1.807) is 7.11 Å². The zero-order valence-electron chi connectivity index (χ0n) is 15.3. The molecule has 0 bridgehead atoms. The number of benzene rings is 1. The van der Waals surface area contributed by atoms with Crippen LogP contribution in [0.5, 0.6) is 5.75 Å². The van der Waals surface area contributed by atoms with E-state index in [4.69, 9.17) is 9.47 Å². The number of carbonyl (C=O) groups is 1. The molecule has 1 atom stereocenters. The summed E-state index contributed by atoms with van der Waals surface area (Å²) in [6.45, 7) is 8.67. The van der Waals surface area contributed by atoms with Crippen molar-refractivity contribution in [1.29, 1.82) is 0 Å². The van der Waals surface area contributed by atoms with E-state index in [0.717, 1.165) is 42.8 Å². The minimum atomic E-state index is -0.424. The van der Waals surface area contributed by atoms with Crippen LogP contribution in [-0.4, -0.2) is 45.4 Å². The largest absolute Gasteiger partial charge is 0.491 e. The maximum absolute atomic E-state index is 12.8. The zero-order valence-corrected chi connectivity index (χ0v) is 15.3. The number of nitrogens with one attached hydrogen (secondary N) is 2. The third kappa shape index (κ3) is 4.48. The minimum Gasteiger partial charge on any atom is -0.491 e.